The zero-order valence-electron chi connectivity index (χ0n) is 19.2. The monoisotopic (exact) mass is 430 g/mol. The van der Waals surface area contributed by atoms with E-state index in [1.807, 2.05) is 6.07 Å². The molecule has 0 aliphatic carbocycles. The fourth-order valence-corrected chi connectivity index (χ4v) is 5.76. The van der Waals surface area contributed by atoms with Crippen LogP contribution in [0.1, 0.15) is 30.9 Å². The maximum atomic E-state index is 6.86. The van der Waals surface area contributed by atoms with Crippen LogP contribution in [0.15, 0.2) is 71.3 Å². The number of ether oxygens (including phenoxy) is 1. The van der Waals surface area contributed by atoms with Gasteiger partial charge in [0, 0.05) is 27.8 Å². The summed E-state index contributed by atoms with van der Waals surface area (Å²) < 4.78 is 15.6. The molecular weight excluding hydrogens is 406 g/mol. The molecule has 0 N–H and O–H groups in total. The lowest BCUT2D eigenvalue weighted by Gasteiger charge is -2.25. The van der Waals surface area contributed by atoms with Crippen molar-refractivity contribution in [2.45, 2.75) is 26.7 Å². The highest BCUT2D eigenvalue weighted by atomic mass is 16.5. The minimum Gasteiger partial charge on any atom is -0.455 e. The molecular formula is C30H24NO2+. The van der Waals surface area contributed by atoms with Crippen LogP contribution in [0.2, 0.25) is 0 Å². The third-order valence-electron chi connectivity index (χ3n) is 7.20. The van der Waals surface area contributed by atoms with Crippen molar-refractivity contribution in [1.29, 1.82) is 0 Å². The molecule has 6 aromatic rings. The third-order valence-corrected chi connectivity index (χ3v) is 7.20. The van der Waals surface area contributed by atoms with Gasteiger partial charge in [-0.15, -0.1) is 0 Å². The van der Waals surface area contributed by atoms with Gasteiger partial charge in [0.2, 0.25) is 5.69 Å². The average molecular weight is 431 g/mol. The number of aromatic nitrogens is 1. The Morgan fingerprint density at radius 1 is 0.848 bits per heavy atom. The maximum absolute atomic E-state index is 6.86. The van der Waals surface area contributed by atoms with Crippen molar-refractivity contribution in [3.8, 4) is 22.8 Å². The van der Waals surface area contributed by atoms with Gasteiger partial charge in [-0.2, -0.15) is 0 Å². The number of rotatable bonds is 1. The Morgan fingerprint density at radius 3 is 2.42 bits per heavy atom. The van der Waals surface area contributed by atoms with Gasteiger partial charge in [-0.1, -0.05) is 56.3 Å². The number of hydrogen-bond acceptors (Lipinski definition) is 2. The van der Waals surface area contributed by atoms with Crippen molar-refractivity contribution < 1.29 is 13.7 Å². The van der Waals surface area contributed by atoms with Crippen molar-refractivity contribution in [1.82, 2.24) is 0 Å². The van der Waals surface area contributed by atoms with E-state index in [1.54, 1.807) is 0 Å². The first-order chi connectivity index (χ1) is 16.0. The molecule has 0 saturated carbocycles. The lowest BCUT2D eigenvalue weighted by molar-refractivity contribution is -0.659. The van der Waals surface area contributed by atoms with Crippen LogP contribution >= 0.6 is 0 Å². The van der Waals surface area contributed by atoms with E-state index in [-0.39, 0.29) is 5.92 Å². The van der Waals surface area contributed by atoms with Crippen LogP contribution < -0.4 is 9.30 Å². The molecule has 3 nitrogen and oxygen atoms in total. The van der Waals surface area contributed by atoms with Crippen molar-refractivity contribution in [3.05, 3.63) is 78.0 Å². The number of hydrogen-bond donors (Lipinski definition) is 0. The summed E-state index contributed by atoms with van der Waals surface area (Å²) in [5.74, 6) is 2.16. The van der Waals surface area contributed by atoms with Crippen LogP contribution in [0.4, 0.5) is 0 Å². The number of benzene rings is 4. The zero-order chi connectivity index (χ0) is 22.4. The van der Waals surface area contributed by atoms with Gasteiger partial charge in [0.1, 0.15) is 35.1 Å². The minimum atomic E-state index is 0.273. The van der Waals surface area contributed by atoms with Gasteiger partial charge in [-0.25, -0.2) is 4.57 Å². The molecule has 3 heteroatoms. The molecule has 4 aromatic carbocycles. The van der Waals surface area contributed by atoms with E-state index in [0.29, 0.717) is 0 Å². The standard InChI is InChI=1S/C30H24NO2/c1-16(2)24-26-20-11-7-8-12-22(20)32-29(26)21-13-14-31(4)28-25-17(3)19-10-6-5-9-18(19)15-23(25)33-30(24)27(21)28/h5-16H,1-4H3/q+1. The van der Waals surface area contributed by atoms with Crippen LogP contribution in [-0.4, -0.2) is 0 Å². The first-order valence-electron chi connectivity index (χ1n) is 11.5. The Kier molecular flexibility index (Phi) is 3.60. The summed E-state index contributed by atoms with van der Waals surface area (Å²) in [7, 11) is 2.13. The smallest absolute Gasteiger partial charge is 0.228 e. The van der Waals surface area contributed by atoms with Gasteiger partial charge in [-0.05, 0) is 41.3 Å². The molecule has 7 rings (SSSR count). The number of pyridine rings is 1. The van der Waals surface area contributed by atoms with Crippen LogP contribution in [0.25, 0.3) is 54.7 Å². The van der Waals surface area contributed by atoms with E-state index >= 15 is 0 Å². The van der Waals surface area contributed by atoms with Gasteiger partial charge in [0.25, 0.3) is 0 Å². The zero-order valence-corrected chi connectivity index (χ0v) is 19.2. The lowest BCUT2D eigenvalue weighted by Crippen LogP contribution is -2.32. The molecule has 0 amide bonds. The summed E-state index contributed by atoms with van der Waals surface area (Å²) in [5.41, 5.74) is 6.68. The van der Waals surface area contributed by atoms with Crippen LogP contribution in [0.5, 0.6) is 11.5 Å². The summed E-state index contributed by atoms with van der Waals surface area (Å²) in [6, 6.07) is 21.3. The molecule has 0 bridgehead atoms. The van der Waals surface area contributed by atoms with E-state index in [1.165, 1.54) is 38.5 Å². The van der Waals surface area contributed by atoms with Crippen molar-refractivity contribution in [2.24, 2.45) is 7.05 Å². The highest BCUT2D eigenvalue weighted by Gasteiger charge is 2.35. The Hall–Kier alpha value is -3.85. The first kappa shape index (κ1) is 18.7. The van der Waals surface area contributed by atoms with Gasteiger partial charge in [-0.3, -0.25) is 0 Å². The van der Waals surface area contributed by atoms with Gasteiger partial charge < -0.3 is 9.15 Å². The summed E-state index contributed by atoms with van der Waals surface area (Å²) in [6.07, 6.45) is 2.15. The van der Waals surface area contributed by atoms with E-state index in [9.17, 15) is 0 Å². The number of para-hydroxylation sites is 1. The van der Waals surface area contributed by atoms with Crippen LogP contribution in [0, 0.1) is 6.92 Å². The lowest BCUT2D eigenvalue weighted by atomic mass is 9.87. The molecule has 3 heterocycles. The Balaban J connectivity index is 1.76. The van der Waals surface area contributed by atoms with Gasteiger partial charge in [0.15, 0.2) is 6.20 Å². The fourth-order valence-electron chi connectivity index (χ4n) is 5.76. The van der Waals surface area contributed by atoms with E-state index in [4.69, 9.17) is 9.15 Å². The second-order valence-corrected chi connectivity index (χ2v) is 9.46. The topological polar surface area (TPSA) is 26.2 Å². The molecule has 0 atom stereocenters. The molecule has 2 aromatic heterocycles. The van der Waals surface area contributed by atoms with E-state index < -0.39 is 0 Å². The Bertz CT molecular complexity index is 1790. The molecule has 0 saturated heterocycles. The van der Waals surface area contributed by atoms with Gasteiger partial charge in [0.05, 0.1) is 5.56 Å². The van der Waals surface area contributed by atoms with Crippen molar-refractivity contribution >= 4 is 43.5 Å². The Labute approximate surface area is 191 Å². The third kappa shape index (κ3) is 2.32. The largest absolute Gasteiger partial charge is 0.455 e. The quantitative estimate of drug-likeness (QED) is 0.247. The number of nitrogens with zero attached hydrogens (tertiary/aromatic N) is 1. The molecule has 33 heavy (non-hydrogen) atoms. The van der Waals surface area contributed by atoms with Crippen LogP contribution in [0.3, 0.4) is 0 Å². The predicted octanol–water partition coefficient (Wildman–Crippen LogP) is 7.92. The molecule has 0 unspecified atom stereocenters. The summed E-state index contributed by atoms with van der Waals surface area (Å²) in [5, 5.41) is 7.02. The Morgan fingerprint density at radius 2 is 1.61 bits per heavy atom. The van der Waals surface area contributed by atoms with Crippen molar-refractivity contribution in [2.75, 3.05) is 0 Å². The molecule has 160 valence electrons. The van der Waals surface area contributed by atoms with Crippen molar-refractivity contribution in [3.63, 3.8) is 0 Å². The molecule has 0 fully saturated rings. The number of fused-ring (bicyclic) bond motifs is 7. The number of furan rings is 1. The minimum absolute atomic E-state index is 0.273. The highest BCUT2D eigenvalue weighted by Crippen LogP contribution is 2.54. The SMILES string of the molecule is Cc1c2c(cc3ccccc13)Oc1c(C(C)C)c3c4ccccc4oc3c3cc[n+](C)c-2c13. The molecule has 0 spiro atoms. The van der Waals surface area contributed by atoms with Gasteiger partial charge >= 0.3 is 0 Å². The second-order valence-electron chi connectivity index (χ2n) is 9.46. The molecule has 1 aliphatic rings. The molecule has 0 radical (unpaired) electrons. The maximum Gasteiger partial charge on any atom is 0.228 e. The van der Waals surface area contributed by atoms with E-state index in [0.717, 1.165) is 38.8 Å². The summed E-state index contributed by atoms with van der Waals surface area (Å²) in [4.78, 5) is 0. The first-order valence-corrected chi connectivity index (χ1v) is 11.5. The summed E-state index contributed by atoms with van der Waals surface area (Å²) in [6.45, 7) is 6.69. The normalized spacial score (nSPS) is 12.8. The predicted molar refractivity (Wildman–Crippen MR) is 134 cm³/mol. The average Bonchev–Trinajstić information content (AvgIpc) is 3.19. The van der Waals surface area contributed by atoms with E-state index in [2.05, 4.69) is 93.2 Å². The number of aryl methyl sites for hydroxylation is 2. The second kappa shape index (κ2) is 6.35. The molecule has 1 aliphatic heterocycles. The highest BCUT2D eigenvalue weighted by molar-refractivity contribution is 6.22. The summed E-state index contributed by atoms with van der Waals surface area (Å²) >= 11 is 0. The fraction of sp³-hybridized carbons (Fsp3) is 0.167. The van der Waals surface area contributed by atoms with Crippen LogP contribution in [-0.2, 0) is 7.05 Å².